The summed E-state index contributed by atoms with van der Waals surface area (Å²) in [4.78, 5) is 0. The second-order valence-corrected chi connectivity index (χ2v) is 13.3. The van der Waals surface area contributed by atoms with E-state index in [-0.39, 0.29) is 29.8 Å². The summed E-state index contributed by atoms with van der Waals surface area (Å²) in [5.74, 6) is -0.225. The maximum atomic E-state index is 9.84. The number of aliphatic hydroxyl groups is 1. The standard InChI is InChI=1S/C20H34O5Si/c1-20(2,3)26(5,6)24-14-17-18(16(12-21)19(22-4)25-17)23-13-15-10-8-7-9-11-15/h7-11,16-19,21H,12-14H2,1-6H3/t16-,17-,18+,19+/m1/s1. The van der Waals surface area contributed by atoms with E-state index in [4.69, 9.17) is 18.6 Å². The molecule has 0 radical (unpaired) electrons. The molecule has 0 amide bonds. The van der Waals surface area contributed by atoms with Gasteiger partial charge < -0.3 is 23.7 Å². The van der Waals surface area contributed by atoms with Crippen molar-refractivity contribution in [3.05, 3.63) is 35.9 Å². The normalized spacial score (nSPS) is 27.0. The van der Waals surface area contributed by atoms with Crippen molar-refractivity contribution in [3.8, 4) is 0 Å². The van der Waals surface area contributed by atoms with Crippen molar-refractivity contribution in [1.82, 2.24) is 0 Å². The van der Waals surface area contributed by atoms with Crippen molar-refractivity contribution in [2.45, 2.75) is 64.0 Å². The molecule has 1 aromatic carbocycles. The van der Waals surface area contributed by atoms with E-state index in [2.05, 4.69) is 33.9 Å². The number of benzene rings is 1. The van der Waals surface area contributed by atoms with Crippen LogP contribution in [0.3, 0.4) is 0 Å². The molecule has 1 aliphatic rings. The first kappa shape index (κ1) is 21.5. The van der Waals surface area contributed by atoms with E-state index in [0.29, 0.717) is 13.2 Å². The van der Waals surface area contributed by atoms with Crippen molar-refractivity contribution in [1.29, 1.82) is 0 Å². The lowest BCUT2D eigenvalue weighted by Crippen LogP contribution is -2.44. The zero-order valence-corrected chi connectivity index (χ0v) is 17.9. The molecule has 1 aliphatic heterocycles. The van der Waals surface area contributed by atoms with Crippen LogP contribution in [0.2, 0.25) is 18.1 Å². The van der Waals surface area contributed by atoms with E-state index in [1.54, 1.807) is 7.11 Å². The summed E-state index contributed by atoms with van der Waals surface area (Å²) in [6, 6.07) is 10.0. The molecule has 0 bridgehead atoms. The average molecular weight is 383 g/mol. The molecular weight excluding hydrogens is 348 g/mol. The van der Waals surface area contributed by atoms with Crippen LogP contribution in [0.25, 0.3) is 0 Å². The first-order valence-corrected chi connectivity index (χ1v) is 12.2. The third kappa shape index (κ3) is 5.15. The molecule has 26 heavy (non-hydrogen) atoms. The molecule has 1 N–H and O–H groups in total. The van der Waals surface area contributed by atoms with Crippen LogP contribution in [0.4, 0.5) is 0 Å². The van der Waals surface area contributed by atoms with Gasteiger partial charge in [0.15, 0.2) is 14.6 Å². The van der Waals surface area contributed by atoms with Crippen LogP contribution < -0.4 is 0 Å². The van der Waals surface area contributed by atoms with E-state index < -0.39 is 14.6 Å². The molecule has 0 aliphatic carbocycles. The third-order valence-electron chi connectivity index (χ3n) is 5.59. The maximum absolute atomic E-state index is 9.84. The summed E-state index contributed by atoms with van der Waals surface area (Å²) >= 11 is 0. The topological polar surface area (TPSA) is 57.2 Å². The molecule has 0 saturated carbocycles. The summed E-state index contributed by atoms with van der Waals surface area (Å²) in [6.45, 7) is 12.0. The van der Waals surface area contributed by atoms with Gasteiger partial charge in [-0.25, -0.2) is 0 Å². The molecule has 1 fully saturated rings. The van der Waals surface area contributed by atoms with Gasteiger partial charge >= 0.3 is 0 Å². The zero-order chi connectivity index (χ0) is 19.4. The number of ether oxygens (including phenoxy) is 3. The number of methoxy groups -OCH3 is 1. The van der Waals surface area contributed by atoms with Gasteiger partial charge in [0.25, 0.3) is 0 Å². The lowest BCUT2D eigenvalue weighted by molar-refractivity contribution is -0.142. The highest BCUT2D eigenvalue weighted by molar-refractivity contribution is 6.74. The summed E-state index contributed by atoms with van der Waals surface area (Å²) in [6.07, 6.45) is -1.00. The van der Waals surface area contributed by atoms with Crippen molar-refractivity contribution < 1.29 is 23.7 Å². The van der Waals surface area contributed by atoms with Gasteiger partial charge in [0, 0.05) is 7.11 Å². The Balaban J connectivity index is 2.06. The second kappa shape index (κ2) is 8.95. The first-order chi connectivity index (χ1) is 12.2. The predicted octanol–water partition coefficient (Wildman–Crippen LogP) is 3.57. The van der Waals surface area contributed by atoms with Crippen molar-refractivity contribution in [2.75, 3.05) is 20.3 Å². The fourth-order valence-electron chi connectivity index (χ4n) is 2.84. The Morgan fingerprint density at radius 2 is 1.81 bits per heavy atom. The zero-order valence-electron chi connectivity index (χ0n) is 16.9. The van der Waals surface area contributed by atoms with Crippen LogP contribution in [0.1, 0.15) is 26.3 Å². The molecule has 4 atom stereocenters. The molecule has 0 unspecified atom stereocenters. The highest BCUT2D eigenvalue weighted by Gasteiger charge is 2.47. The average Bonchev–Trinajstić information content (AvgIpc) is 2.95. The van der Waals surface area contributed by atoms with Crippen molar-refractivity contribution >= 4 is 8.32 Å². The van der Waals surface area contributed by atoms with Gasteiger partial charge in [-0.1, -0.05) is 51.1 Å². The Morgan fingerprint density at radius 3 is 2.35 bits per heavy atom. The molecule has 5 nitrogen and oxygen atoms in total. The molecule has 2 rings (SSSR count). The van der Waals surface area contributed by atoms with Crippen molar-refractivity contribution in [2.24, 2.45) is 5.92 Å². The summed E-state index contributed by atoms with van der Waals surface area (Å²) in [5, 5.41) is 9.97. The van der Waals surface area contributed by atoms with E-state index in [1.165, 1.54) is 0 Å². The summed E-state index contributed by atoms with van der Waals surface area (Å²) in [5.41, 5.74) is 1.09. The molecule has 1 aromatic rings. The van der Waals surface area contributed by atoms with Crippen LogP contribution >= 0.6 is 0 Å². The smallest absolute Gasteiger partial charge is 0.192 e. The third-order valence-corrected chi connectivity index (χ3v) is 10.1. The maximum Gasteiger partial charge on any atom is 0.192 e. The molecule has 0 spiro atoms. The van der Waals surface area contributed by atoms with E-state index in [0.717, 1.165) is 5.56 Å². The van der Waals surface area contributed by atoms with Gasteiger partial charge in [0.2, 0.25) is 0 Å². The summed E-state index contributed by atoms with van der Waals surface area (Å²) < 4.78 is 23.9. The molecule has 148 valence electrons. The van der Waals surface area contributed by atoms with Gasteiger partial charge in [0.05, 0.1) is 31.8 Å². The number of hydrogen-bond acceptors (Lipinski definition) is 5. The Hall–Kier alpha value is -0.763. The first-order valence-electron chi connectivity index (χ1n) is 9.28. The highest BCUT2D eigenvalue weighted by Crippen LogP contribution is 2.38. The van der Waals surface area contributed by atoms with Gasteiger partial charge in [-0.05, 0) is 23.7 Å². The lowest BCUT2D eigenvalue weighted by Gasteiger charge is -2.37. The van der Waals surface area contributed by atoms with Gasteiger partial charge in [0.1, 0.15) is 6.10 Å². The molecular formula is C20H34O5Si. The van der Waals surface area contributed by atoms with Gasteiger partial charge in [-0.15, -0.1) is 0 Å². The minimum Gasteiger partial charge on any atom is -0.414 e. The van der Waals surface area contributed by atoms with Crippen LogP contribution in [0.15, 0.2) is 30.3 Å². The fraction of sp³-hybridized carbons (Fsp3) is 0.700. The monoisotopic (exact) mass is 382 g/mol. The van der Waals surface area contributed by atoms with E-state index >= 15 is 0 Å². The van der Waals surface area contributed by atoms with Gasteiger partial charge in [-0.2, -0.15) is 0 Å². The molecule has 1 saturated heterocycles. The Labute approximate surface area is 158 Å². The van der Waals surface area contributed by atoms with Gasteiger partial charge in [-0.3, -0.25) is 0 Å². The molecule has 1 heterocycles. The predicted molar refractivity (Wildman–Crippen MR) is 104 cm³/mol. The fourth-order valence-corrected chi connectivity index (χ4v) is 3.85. The van der Waals surface area contributed by atoms with Crippen molar-refractivity contribution in [3.63, 3.8) is 0 Å². The van der Waals surface area contributed by atoms with E-state index in [9.17, 15) is 5.11 Å². The minimum atomic E-state index is -1.89. The lowest BCUT2D eigenvalue weighted by atomic mass is 10.0. The van der Waals surface area contributed by atoms with Crippen LogP contribution in [-0.2, 0) is 25.2 Å². The quantitative estimate of drug-likeness (QED) is 0.697. The minimum absolute atomic E-state index is 0.0471. The second-order valence-electron chi connectivity index (χ2n) is 8.46. The number of aliphatic hydroxyl groups excluding tert-OH is 1. The molecule has 0 aromatic heterocycles. The Morgan fingerprint density at radius 1 is 1.15 bits per heavy atom. The van der Waals surface area contributed by atoms with Crippen LogP contribution in [-0.4, -0.2) is 52.2 Å². The molecule has 6 heteroatoms. The highest BCUT2D eigenvalue weighted by atomic mass is 28.4. The number of hydrogen-bond donors (Lipinski definition) is 1. The number of rotatable bonds is 8. The largest absolute Gasteiger partial charge is 0.414 e. The van der Waals surface area contributed by atoms with Crippen LogP contribution in [0, 0.1) is 5.92 Å². The Bertz CT molecular complexity index is 543. The van der Waals surface area contributed by atoms with Crippen LogP contribution in [0.5, 0.6) is 0 Å². The SMILES string of the molecule is CO[C@H]1O[C@H](CO[Si](C)(C)C(C)(C)C)[C@@H](OCc2ccccc2)[C@H]1CO. The van der Waals surface area contributed by atoms with E-state index in [1.807, 2.05) is 30.3 Å². The Kier molecular flexibility index (Phi) is 7.41. The summed E-state index contributed by atoms with van der Waals surface area (Å²) in [7, 11) is -0.296.